The van der Waals surface area contributed by atoms with Gasteiger partial charge < -0.3 is 10.6 Å². The van der Waals surface area contributed by atoms with E-state index in [2.05, 4.69) is 0 Å². The van der Waals surface area contributed by atoms with Crippen molar-refractivity contribution < 1.29 is 9.59 Å². The van der Waals surface area contributed by atoms with Gasteiger partial charge in [0.2, 0.25) is 5.91 Å². The molecule has 0 spiro atoms. The number of pyridine rings is 1. The van der Waals surface area contributed by atoms with E-state index in [0.717, 1.165) is 17.3 Å². The molecule has 0 unspecified atom stereocenters. The second-order valence-electron chi connectivity index (χ2n) is 10.6. The van der Waals surface area contributed by atoms with Crippen LogP contribution in [0.3, 0.4) is 0 Å². The fourth-order valence-corrected chi connectivity index (χ4v) is 6.90. The van der Waals surface area contributed by atoms with Crippen molar-refractivity contribution in [3.63, 3.8) is 0 Å². The number of hydrogen-bond donors (Lipinski definition) is 1. The first-order chi connectivity index (χ1) is 20.6. The van der Waals surface area contributed by atoms with Crippen molar-refractivity contribution in [1.82, 2.24) is 18.7 Å². The number of primary amides is 1. The van der Waals surface area contributed by atoms with Crippen LogP contribution in [0.25, 0.3) is 17.4 Å². The molecule has 2 N–H and O–H groups in total. The molecule has 5 heterocycles. The van der Waals surface area contributed by atoms with E-state index in [-0.39, 0.29) is 43.4 Å². The molecule has 3 aromatic heterocycles. The number of para-hydroxylation sites is 1. The van der Waals surface area contributed by atoms with Gasteiger partial charge in [-0.15, -0.1) is 0 Å². The summed E-state index contributed by atoms with van der Waals surface area (Å²) in [6.07, 6.45) is 4.23. The Morgan fingerprint density at radius 2 is 1.74 bits per heavy atom. The molecule has 1 aromatic carbocycles. The van der Waals surface area contributed by atoms with Crippen molar-refractivity contribution in [3.8, 4) is 5.69 Å². The number of benzene rings is 1. The monoisotopic (exact) mass is 615 g/mol. The van der Waals surface area contributed by atoms with Gasteiger partial charge in [-0.2, -0.15) is 0 Å². The van der Waals surface area contributed by atoms with Crippen LogP contribution in [-0.2, 0) is 16.6 Å². The van der Waals surface area contributed by atoms with Gasteiger partial charge in [0, 0.05) is 32.3 Å². The molecule has 0 bridgehead atoms. The van der Waals surface area contributed by atoms with E-state index >= 15 is 0 Å². The predicted octanol–water partition coefficient (Wildman–Crippen LogP) is 2.91. The van der Waals surface area contributed by atoms with Crippen LogP contribution < -0.4 is 26.7 Å². The first-order valence-electron chi connectivity index (χ1n) is 13.8. The van der Waals surface area contributed by atoms with E-state index in [0.29, 0.717) is 48.8 Å². The molecule has 2 aliphatic heterocycles. The molecule has 0 atom stereocenters. The number of amides is 2. The number of nitrogens with two attached hydrogens (primary N) is 1. The number of aromatic nitrogens is 4. The van der Waals surface area contributed by atoms with E-state index in [4.69, 9.17) is 22.9 Å². The Morgan fingerprint density at radius 3 is 2.42 bits per heavy atom. The number of carbonyl (C=O) groups is 2. The Kier molecular flexibility index (Phi) is 7.30. The Bertz CT molecular complexity index is 1970. The number of thiocarbonyl (C=S) groups is 1. The normalized spacial score (nSPS) is 17.0. The molecule has 11 nitrogen and oxygen atoms in total. The summed E-state index contributed by atoms with van der Waals surface area (Å²) in [5.74, 6) is -0.648. The van der Waals surface area contributed by atoms with Gasteiger partial charge in [0.25, 0.3) is 17.0 Å². The molecular weight excluding hydrogens is 587 g/mol. The Labute approximate surface area is 256 Å². The lowest BCUT2D eigenvalue weighted by Gasteiger charge is -2.32. The van der Waals surface area contributed by atoms with Crippen LogP contribution in [0.1, 0.15) is 29.7 Å². The van der Waals surface area contributed by atoms with E-state index in [1.807, 2.05) is 48.2 Å². The fourth-order valence-electron chi connectivity index (χ4n) is 5.65. The maximum absolute atomic E-state index is 13.9. The molecule has 0 radical (unpaired) electrons. The number of fused-ring (bicyclic) bond motifs is 1. The van der Waals surface area contributed by atoms with Crippen LogP contribution in [-0.4, -0.2) is 48.0 Å². The zero-order valence-electron chi connectivity index (χ0n) is 23.8. The Balaban J connectivity index is 1.45. The minimum absolute atomic E-state index is 0.162. The predicted molar refractivity (Wildman–Crippen MR) is 172 cm³/mol. The maximum atomic E-state index is 13.9. The van der Waals surface area contributed by atoms with Crippen molar-refractivity contribution in [1.29, 1.82) is 0 Å². The van der Waals surface area contributed by atoms with Gasteiger partial charge in [-0.25, -0.2) is 9.67 Å². The minimum atomic E-state index is -0.492. The molecule has 2 amide bonds. The summed E-state index contributed by atoms with van der Waals surface area (Å²) < 4.78 is 4.82. The molecule has 13 heteroatoms. The molecule has 2 aliphatic rings. The quantitative estimate of drug-likeness (QED) is 0.268. The summed E-state index contributed by atoms with van der Waals surface area (Å²) in [7, 11) is 1.75. The molecule has 4 aromatic rings. The summed E-state index contributed by atoms with van der Waals surface area (Å²) in [6.45, 7) is 4.59. The number of anilines is 2. The van der Waals surface area contributed by atoms with E-state index in [9.17, 15) is 19.2 Å². The lowest BCUT2D eigenvalue weighted by atomic mass is 9.96. The minimum Gasteiger partial charge on any atom is -0.369 e. The smallest absolute Gasteiger partial charge is 0.296 e. The fraction of sp³-hybridized carbons (Fsp3) is 0.267. The van der Waals surface area contributed by atoms with Crippen molar-refractivity contribution in [2.24, 2.45) is 18.7 Å². The summed E-state index contributed by atoms with van der Waals surface area (Å²) in [4.78, 5) is 61.6. The third-order valence-corrected chi connectivity index (χ3v) is 9.38. The van der Waals surface area contributed by atoms with Gasteiger partial charge in [-0.05, 0) is 56.5 Å². The molecule has 43 heavy (non-hydrogen) atoms. The highest BCUT2D eigenvalue weighted by Gasteiger charge is 2.38. The summed E-state index contributed by atoms with van der Waals surface area (Å²) in [6, 6.07) is 12.8. The van der Waals surface area contributed by atoms with Gasteiger partial charge >= 0.3 is 0 Å². The van der Waals surface area contributed by atoms with E-state index < -0.39 is 5.91 Å². The van der Waals surface area contributed by atoms with Gasteiger partial charge in [-0.1, -0.05) is 48.2 Å². The zero-order chi connectivity index (χ0) is 30.6. The van der Waals surface area contributed by atoms with Crippen LogP contribution in [0, 0.1) is 19.8 Å². The van der Waals surface area contributed by atoms with Crippen molar-refractivity contribution in [2.45, 2.75) is 26.7 Å². The average Bonchev–Trinajstić information content (AvgIpc) is 3.39. The average molecular weight is 616 g/mol. The van der Waals surface area contributed by atoms with Crippen LogP contribution in [0.2, 0.25) is 0 Å². The van der Waals surface area contributed by atoms with Crippen molar-refractivity contribution in [2.75, 3.05) is 22.9 Å². The van der Waals surface area contributed by atoms with Gasteiger partial charge in [-0.3, -0.25) is 33.2 Å². The highest BCUT2D eigenvalue weighted by atomic mass is 32.2. The van der Waals surface area contributed by atoms with Crippen molar-refractivity contribution >= 4 is 63.3 Å². The number of aryl methyl sites for hydroxylation is 1. The second kappa shape index (κ2) is 11.0. The topological polar surface area (TPSA) is 128 Å². The molecule has 2 fully saturated rings. The third kappa shape index (κ3) is 4.78. The molecule has 0 saturated carbocycles. The van der Waals surface area contributed by atoms with E-state index in [1.54, 1.807) is 30.9 Å². The summed E-state index contributed by atoms with van der Waals surface area (Å²) in [5, 5.41) is 0. The zero-order valence-corrected chi connectivity index (χ0v) is 25.4. The number of rotatable bonds is 5. The molecule has 6 rings (SSSR count). The maximum Gasteiger partial charge on any atom is 0.296 e. The molecule has 220 valence electrons. The van der Waals surface area contributed by atoms with Crippen LogP contribution in [0.5, 0.6) is 0 Å². The Hall–Kier alpha value is -4.49. The number of piperidine rings is 1. The Morgan fingerprint density at radius 1 is 1.05 bits per heavy atom. The lowest BCUT2D eigenvalue weighted by Crippen LogP contribution is -2.40. The first kappa shape index (κ1) is 28.6. The largest absolute Gasteiger partial charge is 0.369 e. The lowest BCUT2D eigenvalue weighted by molar-refractivity contribution is -0.122. The number of nitrogens with zero attached hydrogens (tertiary/aromatic N) is 6. The second-order valence-corrected chi connectivity index (χ2v) is 12.3. The van der Waals surface area contributed by atoms with Crippen molar-refractivity contribution in [3.05, 3.63) is 91.1 Å². The summed E-state index contributed by atoms with van der Waals surface area (Å²) >= 11 is 6.65. The van der Waals surface area contributed by atoms with Gasteiger partial charge in [0.1, 0.15) is 17.2 Å². The van der Waals surface area contributed by atoms with Crippen LogP contribution >= 0.6 is 24.0 Å². The first-order valence-corrected chi connectivity index (χ1v) is 15.0. The standard InChI is InChI=1S/C30H29N7O4S2/c1-17-8-7-13-35-25(17)32-26(34-14-11-19(12-15-34)24(31)38)21(27(35)39)16-22-28(40)36(30(42)43-22)23-18(2)33(3)37(29(23)41)20-9-5-4-6-10-20/h4-10,13,16,19H,11-12,14-15H2,1-3H3,(H2,31,38). The number of carbonyl (C=O) groups excluding carboxylic acids is 2. The number of thioether (sulfide) groups is 1. The van der Waals surface area contributed by atoms with Gasteiger partial charge in [0.05, 0.1) is 21.8 Å². The number of hydrogen-bond acceptors (Lipinski definition) is 8. The van der Waals surface area contributed by atoms with E-state index in [1.165, 1.54) is 20.1 Å². The van der Waals surface area contributed by atoms with Crippen LogP contribution in [0.4, 0.5) is 11.5 Å². The highest BCUT2D eigenvalue weighted by molar-refractivity contribution is 8.27. The van der Waals surface area contributed by atoms with Crippen LogP contribution in [0.15, 0.2) is 63.2 Å². The molecule has 2 saturated heterocycles. The van der Waals surface area contributed by atoms with Gasteiger partial charge in [0.15, 0.2) is 4.32 Å². The molecular formula is C30H29N7O4S2. The highest BCUT2D eigenvalue weighted by Crippen LogP contribution is 2.37. The third-order valence-electron chi connectivity index (χ3n) is 8.08. The molecule has 0 aliphatic carbocycles. The summed E-state index contributed by atoms with van der Waals surface area (Å²) in [5.41, 5.74) is 7.75. The SMILES string of the molecule is Cc1cccn2c(=O)c(C=C3SC(=S)N(c4c(C)n(C)n(-c5ccccc5)c4=O)C3=O)c(N3CCC(C(N)=O)CC3)nc12.